The summed E-state index contributed by atoms with van der Waals surface area (Å²) in [4.78, 5) is 0. The van der Waals surface area contributed by atoms with E-state index in [9.17, 15) is 0 Å². The van der Waals surface area contributed by atoms with Crippen molar-refractivity contribution in [3.63, 3.8) is 0 Å². The molecule has 2 aromatic rings. The van der Waals surface area contributed by atoms with Gasteiger partial charge >= 0.3 is 0 Å². The van der Waals surface area contributed by atoms with Crippen LogP contribution in [0.1, 0.15) is 18.3 Å². The lowest BCUT2D eigenvalue weighted by atomic mass is 10.2. The molecule has 0 aliphatic carbocycles. The van der Waals surface area contributed by atoms with Crippen LogP contribution in [0.5, 0.6) is 0 Å². The van der Waals surface area contributed by atoms with E-state index in [0.717, 1.165) is 28.0 Å². The summed E-state index contributed by atoms with van der Waals surface area (Å²) in [6.07, 6.45) is 0.818. The summed E-state index contributed by atoms with van der Waals surface area (Å²) in [6, 6.07) is 6.00. The third-order valence-corrected chi connectivity index (χ3v) is 3.18. The first-order valence-electron chi connectivity index (χ1n) is 4.76. The third-order valence-electron chi connectivity index (χ3n) is 2.32. The molecule has 0 aliphatic rings. The molecule has 0 amide bonds. The van der Waals surface area contributed by atoms with Gasteiger partial charge in [-0.25, -0.2) is 0 Å². The second-order valence-electron chi connectivity index (χ2n) is 3.24. The minimum Gasteiger partial charge on any atom is -0.197 e. The summed E-state index contributed by atoms with van der Waals surface area (Å²) >= 11 is 3.50. The van der Waals surface area contributed by atoms with Crippen LogP contribution in [0.15, 0.2) is 22.7 Å². The van der Waals surface area contributed by atoms with Crippen molar-refractivity contribution in [2.24, 2.45) is 0 Å². The van der Waals surface area contributed by atoms with Gasteiger partial charge < -0.3 is 0 Å². The van der Waals surface area contributed by atoms with Crippen molar-refractivity contribution in [2.45, 2.75) is 20.3 Å². The molecule has 2 rings (SSSR count). The quantitative estimate of drug-likeness (QED) is 0.838. The number of benzene rings is 1. The molecular weight excluding hydrogens is 256 g/mol. The number of hydrogen-bond acceptors (Lipinski definition) is 3. The number of nitrogens with zero attached hydrogens (tertiary/aromatic N) is 4. The molecule has 0 spiro atoms. The normalized spacial score (nSPS) is 10.6. The average molecular weight is 267 g/mol. The molecule has 0 N–H and O–H groups in total. The van der Waals surface area contributed by atoms with Gasteiger partial charge in [-0.2, -0.15) is 4.68 Å². The van der Waals surface area contributed by atoms with Gasteiger partial charge in [0.1, 0.15) is 0 Å². The third kappa shape index (κ3) is 1.79. The second-order valence-corrected chi connectivity index (χ2v) is 4.10. The van der Waals surface area contributed by atoms with Crippen molar-refractivity contribution in [3.05, 3.63) is 34.1 Å². The zero-order valence-corrected chi connectivity index (χ0v) is 10.2. The van der Waals surface area contributed by atoms with E-state index in [1.54, 1.807) is 4.68 Å². The number of aryl methyl sites for hydroxylation is 1. The van der Waals surface area contributed by atoms with Crippen LogP contribution in [0.25, 0.3) is 5.69 Å². The van der Waals surface area contributed by atoms with Gasteiger partial charge in [0.25, 0.3) is 0 Å². The van der Waals surface area contributed by atoms with Crippen LogP contribution >= 0.6 is 15.9 Å². The second kappa shape index (κ2) is 4.10. The summed E-state index contributed by atoms with van der Waals surface area (Å²) in [6.45, 7) is 4.08. The Morgan fingerprint density at radius 1 is 1.40 bits per heavy atom. The molecule has 78 valence electrons. The maximum atomic E-state index is 3.99. The Hall–Kier alpha value is -1.23. The molecule has 0 saturated heterocycles. The highest BCUT2D eigenvalue weighted by Crippen LogP contribution is 2.22. The molecule has 15 heavy (non-hydrogen) atoms. The molecule has 0 radical (unpaired) electrons. The Morgan fingerprint density at radius 2 is 2.20 bits per heavy atom. The van der Waals surface area contributed by atoms with Gasteiger partial charge in [0.15, 0.2) is 5.82 Å². The van der Waals surface area contributed by atoms with E-state index in [1.807, 2.05) is 32.0 Å². The average Bonchev–Trinajstić information content (AvgIpc) is 2.70. The van der Waals surface area contributed by atoms with Crippen LogP contribution < -0.4 is 0 Å². The van der Waals surface area contributed by atoms with Crippen molar-refractivity contribution >= 4 is 15.9 Å². The Morgan fingerprint density at radius 3 is 2.93 bits per heavy atom. The molecule has 0 unspecified atom stereocenters. The zero-order valence-electron chi connectivity index (χ0n) is 8.61. The molecule has 5 heteroatoms. The van der Waals surface area contributed by atoms with Gasteiger partial charge in [0.05, 0.1) is 5.69 Å². The molecule has 0 bridgehead atoms. The first-order chi connectivity index (χ1) is 7.24. The van der Waals surface area contributed by atoms with Crippen LogP contribution in [0, 0.1) is 6.92 Å². The maximum absolute atomic E-state index is 3.99. The number of aromatic nitrogens is 4. The summed E-state index contributed by atoms with van der Waals surface area (Å²) in [5.41, 5.74) is 2.16. The van der Waals surface area contributed by atoms with E-state index >= 15 is 0 Å². The minimum absolute atomic E-state index is 0.818. The molecule has 0 aliphatic heterocycles. The predicted octanol–water partition coefficient (Wildman–Crippen LogP) is 2.30. The number of tetrazole rings is 1. The fourth-order valence-electron chi connectivity index (χ4n) is 1.44. The maximum Gasteiger partial charge on any atom is 0.156 e. The van der Waals surface area contributed by atoms with Gasteiger partial charge in [-0.1, -0.05) is 28.9 Å². The van der Waals surface area contributed by atoms with Crippen molar-refractivity contribution in [1.82, 2.24) is 20.2 Å². The Labute approximate surface area is 96.4 Å². The first kappa shape index (κ1) is 10.3. The molecule has 1 aromatic carbocycles. The van der Waals surface area contributed by atoms with Gasteiger partial charge in [-0.15, -0.1) is 5.10 Å². The fourth-order valence-corrected chi connectivity index (χ4v) is 1.79. The van der Waals surface area contributed by atoms with E-state index in [-0.39, 0.29) is 0 Å². The van der Waals surface area contributed by atoms with E-state index in [2.05, 4.69) is 31.5 Å². The lowest BCUT2D eigenvalue weighted by molar-refractivity contribution is 0.762. The van der Waals surface area contributed by atoms with E-state index in [0.29, 0.717) is 0 Å². The smallest absolute Gasteiger partial charge is 0.156 e. The molecule has 1 heterocycles. The summed E-state index contributed by atoms with van der Waals surface area (Å²) in [5.74, 6) is 0.871. The molecule has 0 atom stereocenters. The van der Waals surface area contributed by atoms with Gasteiger partial charge in [-0.3, -0.25) is 0 Å². The van der Waals surface area contributed by atoms with Crippen molar-refractivity contribution in [2.75, 3.05) is 0 Å². The molecule has 0 saturated carbocycles. The summed E-state index contributed by atoms with van der Waals surface area (Å²) in [7, 11) is 0. The standard InChI is InChI=1S/C10H11BrN4/c1-3-10-12-13-14-15(10)9-6-4-5-8(11)7(9)2/h4-6H,3H2,1-2H3. The van der Waals surface area contributed by atoms with Crippen LogP contribution in [0.3, 0.4) is 0 Å². The number of rotatable bonds is 2. The van der Waals surface area contributed by atoms with Gasteiger partial charge in [0.2, 0.25) is 0 Å². The molecule has 4 nitrogen and oxygen atoms in total. The number of halogens is 1. The molecule has 0 fully saturated rings. The summed E-state index contributed by atoms with van der Waals surface area (Å²) in [5, 5.41) is 11.7. The highest BCUT2D eigenvalue weighted by molar-refractivity contribution is 9.10. The monoisotopic (exact) mass is 266 g/mol. The molecular formula is C10H11BrN4. The van der Waals surface area contributed by atoms with Crippen molar-refractivity contribution in [3.8, 4) is 5.69 Å². The fraction of sp³-hybridized carbons (Fsp3) is 0.300. The van der Waals surface area contributed by atoms with Crippen molar-refractivity contribution in [1.29, 1.82) is 0 Å². The lowest BCUT2D eigenvalue weighted by Gasteiger charge is -2.07. The predicted molar refractivity (Wildman–Crippen MR) is 61.0 cm³/mol. The Kier molecular flexibility index (Phi) is 2.81. The zero-order chi connectivity index (χ0) is 10.8. The highest BCUT2D eigenvalue weighted by atomic mass is 79.9. The van der Waals surface area contributed by atoms with E-state index in [4.69, 9.17) is 0 Å². The van der Waals surface area contributed by atoms with Crippen LogP contribution in [0.2, 0.25) is 0 Å². The number of hydrogen-bond donors (Lipinski definition) is 0. The minimum atomic E-state index is 0.818. The highest BCUT2D eigenvalue weighted by Gasteiger charge is 2.09. The van der Waals surface area contributed by atoms with E-state index in [1.165, 1.54) is 0 Å². The largest absolute Gasteiger partial charge is 0.197 e. The Balaban J connectivity index is 2.59. The van der Waals surface area contributed by atoms with Gasteiger partial charge in [-0.05, 0) is 35.0 Å². The van der Waals surface area contributed by atoms with Crippen molar-refractivity contribution < 1.29 is 0 Å². The Bertz CT molecular complexity index is 478. The topological polar surface area (TPSA) is 43.6 Å². The molecule has 1 aromatic heterocycles. The summed E-state index contributed by atoms with van der Waals surface area (Å²) < 4.78 is 2.85. The first-order valence-corrected chi connectivity index (χ1v) is 5.56. The SMILES string of the molecule is CCc1nnnn1-c1cccc(Br)c1C. The van der Waals surface area contributed by atoms with Crippen LogP contribution in [-0.4, -0.2) is 20.2 Å². The van der Waals surface area contributed by atoms with Gasteiger partial charge in [0, 0.05) is 10.9 Å². The lowest BCUT2D eigenvalue weighted by Crippen LogP contribution is -2.04. The van der Waals surface area contributed by atoms with Crippen LogP contribution in [0.4, 0.5) is 0 Å². The van der Waals surface area contributed by atoms with Crippen LogP contribution in [-0.2, 0) is 6.42 Å². The van der Waals surface area contributed by atoms with E-state index < -0.39 is 0 Å².